The molecule has 0 aliphatic carbocycles. The van der Waals surface area contributed by atoms with Gasteiger partial charge in [-0.3, -0.25) is 4.79 Å². The number of hydrogen-bond donors (Lipinski definition) is 1. The molecule has 0 bridgehead atoms. The smallest absolute Gasteiger partial charge is 0.411 e. The Morgan fingerprint density at radius 3 is 1.47 bits per heavy atom. The molecule has 1 amide bonds. The molecule has 2 atom stereocenters. The molecule has 45 heavy (non-hydrogen) atoms. The van der Waals surface area contributed by atoms with Crippen molar-refractivity contribution in [3.05, 3.63) is 95.6 Å². The van der Waals surface area contributed by atoms with Crippen molar-refractivity contribution in [2.24, 2.45) is 0 Å². The normalized spacial score (nSPS) is 14.3. The van der Waals surface area contributed by atoms with Gasteiger partial charge in [0.2, 0.25) is 8.32 Å². The maximum atomic E-state index is 13.7. The third kappa shape index (κ3) is 8.98. The standard InChI is InChI=1S/C34H42F6NO2PSi/c1-22(2)45(23(3)4,24(5)6)43-25(7)31(21-44(29-14-10-8-11-15-29)30-16-12-9-13-17-30)41-32(42)26-18-27(33(35,36)37)20-28(19-26)34(38,39)40/h8-20,22-25,31H,21H2,1-7H3,(H,41,42). The van der Waals surface area contributed by atoms with Gasteiger partial charge in [0.05, 0.1) is 23.3 Å². The van der Waals surface area contributed by atoms with Crippen LogP contribution in [0.1, 0.15) is 70.0 Å². The minimum Gasteiger partial charge on any atom is -0.411 e. The van der Waals surface area contributed by atoms with Crippen LogP contribution in [-0.2, 0) is 16.8 Å². The fraction of sp³-hybridized carbons (Fsp3) is 0.441. The summed E-state index contributed by atoms with van der Waals surface area (Å²) in [7, 11) is -3.60. The van der Waals surface area contributed by atoms with E-state index in [9.17, 15) is 31.1 Å². The summed E-state index contributed by atoms with van der Waals surface area (Å²) in [5, 5.41) is 4.87. The first-order chi connectivity index (χ1) is 20.9. The molecule has 0 aliphatic rings. The van der Waals surface area contributed by atoms with E-state index in [4.69, 9.17) is 4.43 Å². The summed E-state index contributed by atoms with van der Waals surface area (Å²) in [6.45, 7) is 14.6. The molecule has 3 aromatic rings. The molecule has 0 saturated heterocycles. The summed E-state index contributed by atoms with van der Waals surface area (Å²) in [5.41, 5.74) is -3.16. The van der Waals surface area contributed by atoms with Gasteiger partial charge < -0.3 is 9.74 Å². The molecule has 2 unspecified atom stereocenters. The Bertz CT molecular complexity index is 1300. The lowest BCUT2D eigenvalue weighted by atomic mass is 10.0. The van der Waals surface area contributed by atoms with Crippen molar-refractivity contribution in [2.75, 3.05) is 6.16 Å². The van der Waals surface area contributed by atoms with Crippen LogP contribution in [0.3, 0.4) is 0 Å². The SMILES string of the molecule is CC(O[Si](C(C)C)(C(C)C)C(C)C)C(CP(c1ccccc1)c1ccccc1)NC(=O)c1cc(C(F)(F)F)cc(C(F)(F)F)c1. The zero-order valence-electron chi connectivity index (χ0n) is 26.6. The highest BCUT2D eigenvalue weighted by Gasteiger charge is 2.47. The molecule has 3 rings (SSSR count). The minimum absolute atomic E-state index is 0.0257. The topological polar surface area (TPSA) is 38.3 Å². The van der Waals surface area contributed by atoms with Crippen LogP contribution in [0.5, 0.6) is 0 Å². The average Bonchev–Trinajstić information content (AvgIpc) is 2.96. The fourth-order valence-corrected chi connectivity index (χ4v) is 14.4. The number of nitrogens with one attached hydrogen (secondary N) is 1. The fourth-order valence-electron chi connectivity index (χ4n) is 6.23. The van der Waals surface area contributed by atoms with Crippen LogP contribution in [0.2, 0.25) is 16.6 Å². The zero-order valence-corrected chi connectivity index (χ0v) is 28.5. The van der Waals surface area contributed by atoms with Crippen LogP contribution >= 0.6 is 7.92 Å². The first-order valence-corrected chi connectivity index (χ1v) is 18.7. The van der Waals surface area contributed by atoms with Gasteiger partial charge in [-0.05, 0) is 66.4 Å². The predicted molar refractivity (Wildman–Crippen MR) is 173 cm³/mol. The van der Waals surface area contributed by atoms with Crippen LogP contribution in [0.25, 0.3) is 0 Å². The van der Waals surface area contributed by atoms with E-state index in [-0.39, 0.29) is 22.7 Å². The molecule has 11 heteroatoms. The van der Waals surface area contributed by atoms with Crippen molar-refractivity contribution >= 4 is 32.8 Å². The lowest BCUT2D eigenvalue weighted by molar-refractivity contribution is -0.143. The largest absolute Gasteiger partial charge is 0.416 e. The van der Waals surface area contributed by atoms with E-state index >= 15 is 0 Å². The van der Waals surface area contributed by atoms with Crippen molar-refractivity contribution in [2.45, 2.75) is 89.6 Å². The molecule has 3 nitrogen and oxygen atoms in total. The number of halogens is 6. The van der Waals surface area contributed by atoms with Crippen molar-refractivity contribution in [3.63, 3.8) is 0 Å². The maximum Gasteiger partial charge on any atom is 0.416 e. The maximum absolute atomic E-state index is 13.7. The summed E-state index contributed by atoms with van der Waals surface area (Å²) in [5.74, 6) is -1.02. The average molecular weight is 670 g/mol. The van der Waals surface area contributed by atoms with Crippen LogP contribution in [-0.4, -0.2) is 32.5 Å². The number of benzene rings is 3. The van der Waals surface area contributed by atoms with E-state index in [1.165, 1.54) is 0 Å². The van der Waals surface area contributed by atoms with Gasteiger partial charge in [0.25, 0.3) is 5.91 Å². The number of rotatable bonds is 12. The molecular formula is C34H42F6NO2PSi. The molecule has 3 aromatic carbocycles. The predicted octanol–water partition coefficient (Wildman–Crippen LogP) is 9.54. The van der Waals surface area contributed by atoms with Gasteiger partial charge in [-0.25, -0.2) is 0 Å². The lowest BCUT2D eigenvalue weighted by Gasteiger charge is -2.45. The first-order valence-electron chi connectivity index (χ1n) is 15.0. The van der Waals surface area contributed by atoms with E-state index in [2.05, 4.69) is 46.9 Å². The van der Waals surface area contributed by atoms with Gasteiger partial charge in [0, 0.05) is 5.56 Å². The Balaban J connectivity index is 2.13. The summed E-state index contributed by atoms with van der Waals surface area (Å²) in [6, 6.07) is 19.6. The van der Waals surface area contributed by atoms with Crippen LogP contribution < -0.4 is 15.9 Å². The number of alkyl halides is 6. The highest BCUT2D eigenvalue weighted by molar-refractivity contribution is 7.73. The Hall–Kier alpha value is -2.68. The van der Waals surface area contributed by atoms with E-state index < -0.39 is 63.3 Å². The van der Waals surface area contributed by atoms with Crippen molar-refractivity contribution < 1.29 is 35.6 Å². The first kappa shape index (κ1) is 36.8. The summed E-state index contributed by atoms with van der Waals surface area (Å²) < 4.78 is 88.9. The molecule has 0 spiro atoms. The molecule has 0 aromatic heterocycles. The van der Waals surface area contributed by atoms with Crippen molar-refractivity contribution in [1.82, 2.24) is 5.32 Å². The van der Waals surface area contributed by atoms with E-state index in [0.29, 0.717) is 18.3 Å². The van der Waals surface area contributed by atoms with E-state index in [0.717, 1.165) is 10.6 Å². The molecule has 0 saturated carbocycles. The number of hydrogen-bond acceptors (Lipinski definition) is 2. The van der Waals surface area contributed by atoms with E-state index in [1.54, 1.807) is 0 Å². The second-order valence-corrected chi connectivity index (χ2v) is 20.0. The van der Waals surface area contributed by atoms with Crippen LogP contribution in [0.15, 0.2) is 78.9 Å². The molecular weight excluding hydrogens is 627 g/mol. The zero-order chi connectivity index (χ0) is 33.7. The third-order valence-corrected chi connectivity index (χ3v) is 17.1. The molecule has 1 N–H and O–H groups in total. The monoisotopic (exact) mass is 669 g/mol. The summed E-state index contributed by atoms with van der Waals surface area (Å²) in [6.07, 6.45) is -10.4. The van der Waals surface area contributed by atoms with Gasteiger partial charge in [-0.15, -0.1) is 0 Å². The minimum atomic E-state index is -5.07. The number of carbonyl (C=O) groups is 1. The van der Waals surface area contributed by atoms with Crippen molar-refractivity contribution in [3.8, 4) is 0 Å². The lowest BCUT2D eigenvalue weighted by Crippen LogP contribution is -2.55. The molecule has 0 fully saturated rings. The Morgan fingerprint density at radius 2 is 1.11 bits per heavy atom. The third-order valence-electron chi connectivity index (χ3n) is 8.35. The summed E-state index contributed by atoms with van der Waals surface area (Å²) in [4.78, 5) is 13.7. The number of amides is 1. The van der Waals surface area contributed by atoms with Crippen molar-refractivity contribution in [1.29, 1.82) is 0 Å². The van der Waals surface area contributed by atoms with Gasteiger partial charge in [-0.2, -0.15) is 26.3 Å². The Kier molecular flexibility index (Phi) is 12.1. The second-order valence-electron chi connectivity index (χ2n) is 12.3. The molecule has 0 heterocycles. The molecule has 0 radical (unpaired) electrons. The summed E-state index contributed by atoms with van der Waals surface area (Å²) >= 11 is 0. The van der Waals surface area contributed by atoms with Gasteiger partial charge in [-0.1, -0.05) is 102 Å². The molecule has 0 aliphatic heterocycles. The van der Waals surface area contributed by atoms with Gasteiger partial charge >= 0.3 is 12.4 Å². The Morgan fingerprint density at radius 1 is 0.711 bits per heavy atom. The molecule has 246 valence electrons. The quantitative estimate of drug-likeness (QED) is 0.119. The van der Waals surface area contributed by atoms with Gasteiger partial charge in [0.15, 0.2) is 0 Å². The second kappa shape index (κ2) is 14.8. The van der Waals surface area contributed by atoms with Gasteiger partial charge in [0.1, 0.15) is 0 Å². The Labute approximate surface area is 264 Å². The number of carbonyl (C=O) groups excluding carboxylic acids is 1. The highest BCUT2D eigenvalue weighted by atomic mass is 31.1. The highest BCUT2D eigenvalue weighted by Crippen LogP contribution is 2.44. The van der Waals surface area contributed by atoms with E-state index in [1.807, 2.05) is 67.6 Å². The van der Waals surface area contributed by atoms with Crippen LogP contribution in [0.4, 0.5) is 26.3 Å². The van der Waals surface area contributed by atoms with Crippen LogP contribution in [0, 0.1) is 0 Å².